The number of benzene rings is 3. The molecule has 39 heavy (non-hydrogen) atoms. The minimum absolute atomic E-state index is 0.0119. The zero-order chi connectivity index (χ0) is 27.5. The monoisotopic (exact) mass is 553 g/mol. The molecule has 0 atom stereocenters. The molecule has 0 spiro atoms. The van der Waals surface area contributed by atoms with Crippen molar-refractivity contribution < 1.29 is 27.6 Å². The topological polar surface area (TPSA) is 79.5 Å². The van der Waals surface area contributed by atoms with Crippen LogP contribution in [-0.4, -0.2) is 32.2 Å². The average molecular weight is 554 g/mol. The summed E-state index contributed by atoms with van der Waals surface area (Å²) in [6.45, 7) is 3.26. The van der Waals surface area contributed by atoms with E-state index in [0.717, 1.165) is 24.2 Å². The van der Waals surface area contributed by atoms with Crippen molar-refractivity contribution in [3.8, 4) is 34.0 Å². The third kappa shape index (κ3) is 4.70. The van der Waals surface area contributed by atoms with Gasteiger partial charge in [0.05, 0.1) is 16.5 Å². The minimum Gasteiger partial charge on any atom is -0.481 e. The maximum Gasteiger partial charge on any atom is 0.418 e. The number of carboxylic acid groups (broad SMARTS) is 1. The van der Waals surface area contributed by atoms with Gasteiger partial charge in [0.2, 0.25) is 5.82 Å². The van der Waals surface area contributed by atoms with E-state index in [2.05, 4.69) is 15.0 Å². The van der Waals surface area contributed by atoms with Gasteiger partial charge in [0.1, 0.15) is 0 Å². The molecule has 1 aliphatic carbocycles. The zero-order valence-electron chi connectivity index (χ0n) is 20.8. The molecule has 4 aromatic rings. The Kier molecular flexibility index (Phi) is 6.23. The first kappa shape index (κ1) is 25.6. The first-order valence-electron chi connectivity index (χ1n) is 12.5. The molecule has 1 fully saturated rings. The van der Waals surface area contributed by atoms with Gasteiger partial charge in [-0.2, -0.15) is 18.2 Å². The highest BCUT2D eigenvalue weighted by Gasteiger charge is 2.40. The molecule has 1 N–H and O–H groups in total. The fraction of sp³-hybridized carbons (Fsp3) is 0.276. The van der Waals surface area contributed by atoms with Crippen LogP contribution in [0.25, 0.3) is 34.0 Å². The number of aliphatic carboxylic acids is 1. The summed E-state index contributed by atoms with van der Waals surface area (Å²) < 4.78 is 46.6. The predicted octanol–water partition coefficient (Wildman–Crippen LogP) is 7.23. The van der Waals surface area contributed by atoms with Crippen molar-refractivity contribution in [3.05, 3.63) is 81.9 Å². The second-order valence-corrected chi connectivity index (χ2v) is 10.6. The van der Waals surface area contributed by atoms with Crippen LogP contribution in [0.2, 0.25) is 5.02 Å². The Morgan fingerprint density at radius 3 is 2.49 bits per heavy atom. The molecule has 0 amide bonds. The van der Waals surface area contributed by atoms with Crippen LogP contribution in [0.5, 0.6) is 0 Å². The molecule has 1 saturated carbocycles. The lowest BCUT2D eigenvalue weighted by Crippen LogP contribution is -2.44. The highest BCUT2D eigenvalue weighted by atomic mass is 35.5. The Balaban J connectivity index is 1.22. The van der Waals surface area contributed by atoms with Gasteiger partial charge in [0.25, 0.3) is 5.89 Å². The Morgan fingerprint density at radius 2 is 1.77 bits per heavy atom. The molecule has 1 aliphatic heterocycles. The molecule has 1 aromatic heterocycles. The van der Waals surface area contributed by atoms with Gasteiger partial charge in [-0.05, 0) is 71.8 Å². The first-order chi connectivity index (χ1) is 18.6. The Morgan fingerprint density at radius 1 is 1.03 bits per heavy atom. The smallest absolute Gasteiger partial charge is 0.418 e. The van der Waals surface area contributed by atoms with Gasteiger partial charge in [0, 0.05) is 30.3 Å². The molecule has 2 heterocycles. The van der Waals surface area contributed by atoms with E-state index in [4.69, 9.17) is 21.2 Å². The Bertz CT molecular complexity index is 1590. The normalized spacial score (nSPS) is 19.1. The van der Waals surface area contributed by atoms with Crippen LogP contribution in [-0.2, 0) is 24.1 Å². The third-order valence-electron chi connectivity index (χ3n) is 7.68. The summed E-state index contributed by atoms with van der Waals surface area (Å²) >= 11 is 5.91. The fourth-order valence-corrected chi connectivity index (χ4v) is 5.78. The van der Waals surface area contributed by atoms with E-state index >= 15 is 0 Å². The molecule has 3 aromatic carbocycles. The number of halogens is 4. The summed E-state index contributed by atoms with van der Waals surface area (Å²) in [5.41, 5.74) is 3.91. The maximum absolute atomic E-state index is 13.7. The lowest BCUT2D eigenvalue weighted by Gasteiger charge is -2.39. The largest absolute Gasteiger partial charge is 0.481 e. The van der Waals surface area contributed by atoms with E-state index in [0.29, 0.717) is 35.4 Å². The van der Waals surface area contributed by atoms with Crippen molar-refractivity contribution in [1.82, 2.24) is 15.0 Å². The number of fused-ring (bicyclic) bond motifs is 1. The zero-order valence-corrected chi connectivity index (χ0v) is 21.6. The van der Waals surface area contributed by atoms with Crippen molar-refractivity contribution in [2.24, 2.45) is 5.92 Å². The van der Waals surface area contributed by atoms with Gasteiger partial charge in [-0.15, -0.1) is 0 Å². The molecule has 200 valence electrons. The summed E-state index contributed by atoms with van der Waals surface area (Å²) in [6, 6.07) is 15.4. The Hall–Kier alpha value is -3.69. The van der Waals surface area contributed by atoms with Crippen LogP contribution in [0.3, 0.4) is 0 Å². The molecule has 2 aliphatic rings. The molecule has 0 radical (unpaired) electrons. The van der Waals surface area contributed by atoms with Crippen molar-refractivity contribution in [3.63, 3.8) is 0 Å². The fourth-order valence-electron chi connectivity index (χ4n) is 5.50. The quantitative estimate of drug-likeness (QED) is 0.281. The number of carboxylic acids is 1. The van der Waals surface area contributed by atoms with Gasteiger partial charge >= 0.3 is 12.1 Å². The summed E-state index contributed by atoms with van der Waals surface area (Å²) in [7, 11) is 0. The van der Waals surface area contributed by atoms with Crippen LogP contribution in [0.4, 0.5) is 13.2 Å². The summed E-state index contributed by atoms with van der Waals surface area (Å²) in [5.74, 6) is -0.296. The highest BCUT2D eigenvalue weighted by Crippen LogP contribution is 2.43. The Labute approximate surface area is 227 Å². The van der Waals surface area contributed by atoms with Crippen LogP contribution in [0.1, 0.15) is 35.1 Å². The molecule has 10 heteroatoms. The van der Waals surface area contributed by atoms with Crippen LogP contribution in [0, 0.1) is 12.8 Å². The third-order valence-corrected chi connectivity index (χ3v) is 7.99. The summed E-state index contributed by atoms with van der Waals surface area (Å²) in [4.78, 5) is 18.0. The lowest BCUT2D eigenvalue weighted by molar-refractivity contribution is -0.147. The second-order valence-electron chi connectivity index (χ2n) is 10.2. The number of hydrogen-bond acceptors (Lipinski definition) is 5. The van der Waals surface area contributed by atoms with Crippen molar-refractivity contribution in [1.29, 1.82) is 0 Å². The van der Waals surface area contributed by atoms with E-state index in [1.807, 2.05) is 18.2 Å². The second kappa shape index (κ2) is 9.50. The van der Waals surface area contributed by atoms with Crippen molar-refractivity contribution >= 4 is 17.6 Å². The van der Waals surface area contributed by atoms with Crippen molar-refractivity contribution in [2.45, 2.75) is 45.1 Å². The number of rotatable bonds is 5. The molecule has 0 saturated heterocycles. The number of aryl methyl sites for hydroxylation is 1. The van der Waals surface area contributed by atoms with Crippen molar-refractivity contribution in [2.75, 3.05) is 0 Å². The van der Waals surface area contributed by atoms with Gasteiger partial charge in [-0.3, -0.25) is 9.69 Å². The van der Waals surface area contributed by atoms with E-state index < -0.39 is 17.7 Å². The lowest BCUT2D eigenvalue weighted by atomic mass is 9.79. The van der Waals surface area contributed by atoms with Crippen LogP contribution in [0.15, 0.2) is 59.1 Å². The molecule has 6 nitrogen and oxygen atoms in total. The SMILES string of the molecule is Cc1cc(-c2nc(-c3ccc4c(c3)CN(C3CC(C(=O)O)C3)C4)no2)ccc1-c1cccc(Cl)c1C(F)(F)F. The van der Waals surface area contributed by atoms with E-state index in [1.54, 1.807) is 25.1 Å². The average Bonchev–Trinajstić information content (AvgIpc) is 3.49. The standard InChI is InChI=1S/C29H23ClF3N3O3/c1-15-9-17(7-8-22(15)23-3-2-4-24(30)25(23)29(31,32)33)27-34-26(35-39-27)16-5-6-18-13-36(14-20(18)10-16)21-11-19(12-21)28(37)38/h2-10,19,21H,11-14H2,1H3,(H,37,38). The van der Waals surface area contributed by atoms with E-state index in [-0.39, 0.29) is 28.4 Å². The number of alkyl halides is 3. The summed E-state index contributed by atoms with van der Waals surface area (Å²) in [5, 5.41) is 12.9. The van der Waals surface area contributed by atoms with Crippen LogP contribution >= 0.6 is 11.6 Å². The minimum atomic E-state index is -4.59. The van der Waals surface area contributed by atoms with Gasteiger partial charge in [-0.25, -0.2) is 0 Å². The van der Waals surface area contributed by atoms with E-state index in [1.165, 1.54) is 23.8 Å². The van der Waals surface area contributed by atoms with E-state index in [9.17, 15) is 18.0 Å². The molecule has 6 rings (SSSR count). The highest BCUT2D eigenvalue weighted by molar-refractivity contribution is 6.31. The number of hydrogen-bond donors (Lipinski definition) is 1. The number of nitrogens with zero attached hydrogens (tertiary/aromatic N) is 3. The predicted molar refractivity (Wildman–Crippen MR) is 139 cm³/mol. The molecular weight excluding hydrogens is 531 g/mol. The number of carbonyl (C=O) groups is 1. The first-order valence-corrected chi connectivity index (χ1v) is 12.9. The van der Waals surface area contributed by atoms with Crippen LogP contribution < -0.4 is 0 Å². The summed E-state index contributed by atoms with van der Waals surface area (Å²) in [6.07, 6.45) is -3.24. The van der Waals surface area contributed by atoms with Gasteiger partial charge in [0.15, 0.2) is 0 Å². The van der Waals surface area contributed by atoms with Gasteiger partial charge < -0.3 is 9.63 Å². The number of aromatic nitrogens is 2. The molecule has 0 bridgehead atoms. The maximum atomic E-state index is 13.7. The molecular formula is C29H23ClF3N3O3. The molecule has 0 unspecified atom stereocenters. The van der Waals surface area contributed by atoms with Gasteiger partial charge in [-0.1, -0.05) is 47.1 Å².